The third-order valence-electron chi connectivity index (χ3n) is 6.35. The van der Waals surface area contributed by atoms with Crippen LogP contribution >= 0.6 is 11.6 Å². The maximum Gasteiger partial charge on any atom is 0.217 e. The Bertz CT molecular complexity index is 1390. The Morgan fingerprint density at radius 1 is 1.07 bits per heavy atom. The maximum absolute atomic E-state index is 13.6. The second kappa shape index (κ2) is 15.1. The molecule has 0 fully saturated rings. The van der Waals surface area contributed by atoms with Gasteiger partial charge in [0.05, 0.1) is 17.6 Å². The van der Waals surface area contributed by atoms with Gasteiger partial charge in [-0.2, -0.15) is 0 Å². The van der Waals surface area contributed by atoms with Crippen molar-refractivity contribution in [3.05, 3.63) is 70.5 Å². The number of nitrogens with two attached hydrogens (primary N) is 1. The SMILES string of the molecule is C/C=C(/COc1cc2c(Nc3ccc(F)c(Cl)c3)ncnc2cc1OC)NC(CCCCCCC(N)=O)=C(C)C. The molecular formula is C30H37ClFN5O3. The number of anilines is 2. The first-order chi connectivity index (χ1) is 19.2. The van der Waals surface area contributed by atoms with Gasteiger partial charge < -0.3 is 25.8 Å². The van der Waals surface area contributed by atoms with Gasteiger partial charge in [0.2, 0.25) is 5.91 Å². The minimum Gasteiger partial charge on any atom is -0.493 e. The Kier molecular flexibility index (Phi) is 11.6. The van der Waals surface area contributed by atoms with Crippen molar-refractivity contribution in [2.45, 2.75) is 59.3 Å². The molecule has 1 aromatic heterocycles. The van der Waals surface area contributed by atoms with Gasteiger partial charge in [0.25, 0.3) is 0 Å². The maximum atomic E-state index is 13.6. The van der Waals surface area contributed by atoms with E-state index in [1.807, 2.05) is 19.1 Å². The number of fused-ring (bicyclic) bond motifs is 1. The van der Waals surface area contributed by atoms with E-state index in [1.165, 1.54) is 24.0 Å². The molecule has 0 spiro atoms. The van der Waals surface area contributed by atoms with Crippen molar-refractivity contribution in [1.82, 2.24) is 15.3 Å². The summed E-state index contributed by atoms with van der Waals surface area (Å²) in [6, 6.07) is 7.99. The van der Waals surface area contributed by atoms with Gasteiger partial charge in [-0.1, -0.05) is 36.1 Å². The molecule has 3 aromatic rings. The molecule has 0 saturated carbocycles. The number of unbranched alkanes of at least 4 members (excludes halogenated alkanes) is 3. The molecule has 8 nitrogen and oxygen atoms in total. The Labute approximate surface area is 239 Å². The molecule has 0 bridgehead atoms. The van der Waals surface area contributed by atoms with Gasteiger partial charge in [-0.3, -0.25) is 4.79 Å². The first-order valence-corrected chi connectivity index (χ1v) is 13.6. The van der Waals surface area contributed by atoms with Crippen LogP contribution in [0.25, 0.3) is 10.9 Å². The summed E-state index contributed by atoms with van der Waals surface area (Å²) in [5, 5.41) is 7.43. The lowest BCUT2D eigenvalue weighted by atomic mass is 10.1. The van der Waals surface area contributed by atoms with Gasteiger partial charge in [0.1, 0.15) is 24.6 Å². The molecule has 0 aliphatic heterocycles. The van der Waals surface area contributed by atoms with E-state index in [0.29, 0.717) is 40.3 Å². The molecule has 0 saturated heterocycles. The predicted octanol–water partition coefficient (Wildman–Crippen LogP) is 7.17. The lowest BCUT2D eigenvalue weighted by molar-refractivity contribution is -0.118. The minimum absolute atomic E-state index is 0.0132. The Balaban J connectivity index is 1.71. The smallest absolute Gasteiger partial charge is 0.217 e. The number of methoxy groups -OCH3 is 1. The van der Waals surface area contributed by atoms with Crippen molar-refractivity contribution >= 4 is 39.9 Å². The summed E-state index contributed by atoms with van der Waals surface area (Å²) < 4.78 is 25.4. The van der Waals surface area contributed by atoms with Crippen molar-refractivity contribution in [2.24, 2.45) is 5.73 Å². The van der Waals surface area contributed by atoms with Crippen molar-refractivity contribution < 1.29 is 18.7 Å². The van der Waals surface area contributed by atoms with E-state index in [-0.39, 0.29) is 17.5 Å². The van der Waals surface area contributed by atoms with Crippen LogP contribution < -0.4 is 25.8 Å². The number of allylic oxidation sites excluding steroid dienone is 3. The lowest BCUT2D eigenvalue weighted by Crippen LogP contribution is -2.19. The first-order valence-electron chi connectivity index (χ1n) is 13.3. The standard InChI is InChI=1S/C30H37ClFN5O3/c1-5-20(36-25(19(2)3)10-8-6-7-9-11-29(33)38)17-40-28-15-22-26(16-27(28)39-4)34-18-35-30(22)37-21-12-13-24(32)23(31)14-21/h5,12-16,18,36H,6-11,17H2,1-4H3,(H2,33,38)(H,34,35,37)/b20-5-. The molecule has 0 aliphatic carbocycles. The van der Waals surface area contributed by atoms with E-state index in [4.69, 9.17) is 26.8 Å². The number of halogens is 2. The summed E-state index contributed by atoms with van der Waals surface area (Å²) in [7, 11) is 1.58. The summed E-state index contributed by atoms with van der Waals surface area (Å²) in [6.45, 7) is 6.41. The molecule has 0 unspecified atom stereocenters. The second-order valence-corrected chi connectivity index (χ2v) is 9.99. The normalized spacial score (nSPS) is 11.3. The quantitative estimate of drug-likeness (QED) is 0.166. The van der Waals surface area contributed by atoms with Crippen LogP contribution in [-0.4, -0.2) is 29.6 Å². The molecule has 2 aromatic carbocycles. The molecular weight excluding hydrogens is 533 g/mol. The van der Waals surface area contributed by atoms with E-state index in [2.05, 4.69) is 34.4 Å². The average molecular weight is 570 g/mol. The van der Waals surface area contributed by atoms with Crippen LogP contribution in [-0.2, 0) is 4.79 Å². The molecule has 4 N–H and O–H groups in total. The van der Waals surface area contributed by atoms with Crippen molar-refractivity contribution in [3.63, 3.8) is 0 Å². The highest BCUT2D eigenvalue weighted by Gasteiger charge is 2.14. The number of hydrogen-bond donors (Lipinski definition) is 3. The third kappa shape index (κ3) is 8.84. The number of rotatable bonds is 15. The molecule has 3 rings (SSSR count). The van der Waals surface area contributed by atoms with E-state index in [1.54, 1.807) is 19.2 Å². The molecule has 0 aliphatic rings. The van der Waals surface area contributed by atoms with Crippen molar-refractivity contribution in [2.75, 3.05) is 19.0 Å². The third-order valence-corrected chi connectivity index (χ3v) is 6.64. The number of benzene rings is 2. The fourth-order valence-corrected chi connectivity index (χ4v) is 4.26. The summed E-state index contributed by atoms with van der Waals surface area (Å²) in [5.74, 6) is 0.845. The van der Waals surface area contributed by atoms with Crippen LogP contribution in [0.2, 0.25) is 5.02 Å². The number of amides is 1. The summed E-state index contributed by atoms with van der Waals surface area (Å²) in [4.78, 5) is 19.7. The molecule has 1 amide bonds. The summed E-state index contributed by atoms with van der Waals surface area (Å²) in [6.07, 6.45) is 8.62. The van der Waals surface area contributed by atoms with Gasteiger partial charge in [-0.05, 0) is 64.3 Å². The predicted molar refractivity (Wildman–Crippen MR) is 158 cm³/mol. The Morgan fingerprint density at radius 2 is 1.82 bits per heavy atom. The largest absolute Gasteiger partial charge is 0.493 e. The zero-order valence-corrected chi connectivity index (χ0v) is 24.2. The lowest BCUT2D eigenvalue weighted by Gasteiger charge is -2.18. The van der Waals surface area contributed by atoms with Gasteiger partial charge in [-0.25, -0.2) is 14.4 Å². The second-order valence-electron chi connectivity index (χ2n) is 9.58. The van der Waals surface area contributed by atoms with Crippen LogP contribution in [0.3, 0.4) is 0 Å². The Morgan fingerprint density at radius 3 is 2.48 bits per heavy atom. The Hall–Kier alpha value is -3.85. The van der Waals surface area contributed by atoms with Gasteiger partial charge in [0, 0.05) is 35.0 Å². The van der Waals surface area contributed by atoms with Crippen LogP contribution in [0, 0.1) is 5.82 Å². The number of ether oxygens (including phenoxy) is 2. The van der Waals surface area contributed by atoms with E-state index in [9.17, 15) is 9.18 Å². The fourth-order valence-electron chi connectivity index (χ4n) is 4.08. The summed E-state index contributed by atoms with van der Waals surface area (Å²) in [5.41, 5.74) is 9.73. The summed E-state index contributed by atoms with van der Waals surface area (Å²) >= 11 is 5.95. The number of hydrogen-bond acceptors (Lipinski definition) is 7. The van der Waals surface area contributed by atoms with E-state index < -0.39 is 5.82 Å². The molecule has 10 heteroatoms. The monoisotopic (exact) mass is 569 g/mol. The molecule has 0 atom stereocenters. The van der Waals surface area contributed by atoms with Crippen LogP contribution in [0.5, 0.6) is 11.5 Å². The average Bonchev–Trinajstić information content (AvgIpc) is 2.93. The highest BCUT2D eigenvalue weighted by Crippen LogP contribution is 2.35. The van der Waals surface area contributed by atoms with Gasteiger partial charge >= 0.3 is 0 Å². The zero-order chi connectivity index (χ0) is 29.1. The number of carbonyl (C=O) groups is 1. The van der Waals surface area contributed by atoms with E-state index >= 15 is 0 Å². The molecule has 0 radical (unpaired) electrons. The zero-order valence-electron chi connectivity index (χ0n) is 23.4. The number of aromatic nitrogens is 2. The highest BCUT2D eigenvalue weighted by molar-refractivity contribution is 6.31. The topological polar surface area (TPSA) is 111 Å². The minimum atomic E-state index is -0.495. The molecule has 40 heavy (non-hydrogen) atoms. The van der Waals surface area contributed by atoms with Gasteiger partial charge in [-0.15, -0.1) is 0 Å². The molecule has 214 valence electrons. The van der Waals surface area contributed by atoms with Crippen molar-refractivity contribution in [1.29, 1.82) is 0 Å². The fraction of sp³-hybridized carbons (Fsp3) is 0.367. The number of nitrogens with zero attached hydrogens (tertiary/aromatic N) is 2. The van der Waals surface area contributed by atoms with Crippen molar-refractivity contribution in [3.8, 4) is 11.5 Å². The van der Waals surface area contributed by atoms with Crippen LogP contribution in [0.4, 0.5) is 15.9 Å². The number of nitrogens with one attached hydrogen (secondary N) is 2. The number of primary amides is 1. The molecule has 1 heterocycles. The van der Waals surface area contributed by atoms with Crippen LogP contribution in [0.1, 0.15) is 59.3 Å². The first kappa shape index (κ1) is 30.7. The van der Waals surface area contributed by atoms with E-state index in [0.717, 1.165) is 43.5 Å². The highest BCUT2D eigenvalue weighted by atomic mass is 35.5. The van der Waals surface area contributed by atoms with Crippen LogP contribution in [0.15, 0.2) is 59.7 Å². The van der Waals surface area contributed by atoms with Gasteiger partial charge in [0.15, 0.2) is 11.5 Å². The number of carbonyl (C=O) groups excluding carboxylic acids is 1.